The van der Waals surface area contributed by atoms with Crippen molar-refractivity contribution in [2.24, 2.45) is 0 Å². The number of benzene rings is 2. The number of hydrogen-bond acceptors (Lipinski definition) is 3. The number of nitrogens with one attached hydrogen (secondary N) is 1. The molecule has 0 atom stereocenters. The van der Waals surface area contributed by atoms with E-state index in [0.29, 0.717) is 35.9 Å². The maximum atomic E-state index is 12.0. The van der Waals surface area contributed by atoms with Crippen LogP contribution in [0.15, 0.2) is 42.5 Å². The SMILES string of the molecule is CCCOc1ccc(CCC(=O)Nc2ccc(N)cc2)cc1Cl. The Balaban J connectivity index is 1.86. The molecule has 0 saturated heterocycles. The van der Waals surface area contributed by atoms with E-state index in [4.69, 9.17) is 22.1 Å². The smallest absolute Gasteiger partial charge is 0.224 e. The number of amides is 1. The number of ether oxygens (including phenoxy) is 1. The number of carbonyl (C=O) groups excluding carboxylic acids is 1. The van der Waals surface area contributed by atoms with E-state index in [1.807, 2.05) is 25.1 Å². The van der Waals surface area contributed by atoms with E-state index >= 15 is 0 Å². The highest BCUT2D eigenvalue weighted by Crippen LogP contribution is 2.26. The minimum Gasteiger partial charge on any atom is -0.492 e. The van der Waals surface area contributed by atoms with Crippen molar-refractivity contribution in [2.75, 3.05) is 17.7 Å². The first-order valence-corrected chi connectivity index (χ1v) is 8.03. The predicted molar refractivity (Wildman–Crippen MR) is 95.0 cm³/mol. The van der Waals surface area contributed by atoms with Gasteiger partial charge in [0.25, 0.3) is 0 Å². The summed E-state index contributed by atoms with van der Waals surface area (Å²) in [6, 6.07) is 12.7. The fraction of sp³-hybridized carbons (Fsp3) is 0.278. The van der Waals surface area contributed by atoms with Crippen LogP contribution in [0, 0.1) is 0 Å². The first-order valence-electron chi connectivity index (χ1n) is 7.65. The molecule has 23 heavy (non-hydrogen) atoms. The topological polar surface area (TPSA) is 64.3 Å². The van der Waals surface area contributed by atoms with Gasteiger partial charge in [-0.3, -0.25) is 4.79 Å². The van der Waals surface area contributed by atoms with Crippen LogP contribution in [0.25, 0.3) is 0 Å². The Hall–Kier alpha value is -2.20. The first kappa shape index (κ1) is 17.2. The van der Waals surface area contributed by atoms with Crippen LogP contribution in [0.5, 0.6) is 5.75 Å². The first-order chi connectivity index (χ1) is 11.1. The Kier molecular flexibility index (Phi) is 6.29. The van der Waals surface area contributed by atoms with Gasteiger partial charge in [-0.05, 0) is 54.8 Å². The zero-order valence-corrected chi connectivity index (χ0v) is 13.9. The summed E-state index contributed by atoms with van der Waals surface area (Å²) in [5, 5.41) is 3.42. The Labute approximate surface area is 141 Å². The molecule has 1 amide bonds. The van der Waals surface area contributed by atoms with E-state index in [0.717, 1.165) is 17.7 Å². The summed E-state index contributed by atoms with van der Waals surface area (Å²) < 4.78 is 5.53. The van der Waals surface area contributed by atoms with E-state index in [2.05, 4.69) is 5.32 Å². The summed E-state index contributed by atoms with van der Waals surface area (Å²) in [5.41, 5.74) is 8.03. The summed E-state index contributed by atoms with van der Waals surface area (Å²) in [7, 11) is 0. The van der Waals surface area contributed by atoms with Crippen LogP contribution >= 0.6 is 11.6 Å². The van der Waals surface area contributed by atoms with Crippen LogP contribution in [-0.4, -0.2) is 12.5 Å². The van der Waals surface area contributed by atoms with Gasteiger partial charge in [-0.2, -0.15) is 0 Å². The van der Waals surface area contributed by atoms with Crippen molar-refractivity contribution in [3.63, 3.8) is 0 Å². The monoisotopic (exact) mass is 332 g/mol. The third kappa shape index (κ3) is 5.49. The van der Waals surface area contributed by atoms with Crippen molar-refractivity contribution in [1.82, 2.24) is 0 Å². The molecule has 5 heteroatoms. The van der Waals surface area contributed by atoms with E-state index < -0.39 is 0 Å². The average Bonchev–Trinajstić information content (AvgIpc) is 2.54. The molecule has 122 valence electrons. The summed E-state index contributed by atoms with van der Waals surface area (Å²) >= 11 is 6.19. The fourth-order valence-electron chi connectivity index (χ4n) is 2.08. The van der Waals surface area contributed by atoms with Crippen LogP contribution in [-0.2, 0) is 11.2 Å². The minimum atomic E-state index is -0.0443. The van der Waals surface area contributed by atoms with E-state index in [-0.39, 0.29) is 5.91 Å². The van der Waals surface area contributed by atoms with Crippen LogP contribution in [0.2, 0.25) is 5.02 Å². The van der Waals surface area contributed by atoms with Gasteiger partial charge in [0, 0.05) is 17.8 Å². The van der Waals surface area contributed by atoms with Crippen molar-refractivity contribution < 1.29 is 9.53 Å². The van der Waals surface area contributed by atoms with Crippen molar-refractivity contribution >= 4 is 28.9 Å². The molecular weight excluding hydrogens is 312 g/mol. The number of halogens is 1. The Morgan fingerprint density at radius 2 is 1.96 bits per heavy atom. The van der Waals surface area contributed by atoms with Crippen LogP contribution < -0.4 is 15.8 Å². The molecule has 2 aromatic rings. The summed E-state index contributed by atoms with van der Waals surface area (Å²) in [4.78, 5) is 12.0. The van der Waals surface area contributed by atoms with Gasteiger partial charge in [0.15, 0.2) is 0 Å². The molecule has 0 aliphatic heterocycles. The molecule has 0 bridgehead atoms. The minimum absolute atomic E-state index is 0.0443. The van der Waals surface area contributed by atoms with Crippen molar-refractivity contribution in [1.29, 1.82) is 0 Å². The van der Waals surface area contributed by atoms with Gasteiger partial charge >= 0.3 is 0 Å². The van der Waals surface area contributed by atoms with Gasteiger partial charge < -0.3 is 15.8 Å². The van der Waals surface area contributed by atoms with Gasteiger partial charge in [0.1, 0.15) is 5.75 Å². The molecule has 2 rings (SSSR count). The molecule has 0 aliphatic carbocycles. The molecule has 0 spiro atoms. The maximum absolute atomic E-state index is 12.0. The molecule has 0 aromatic heterocycles. The largest absolute Gasteiger partial charge is 0.492 e. The maximum Gasteiger partial charge on any atom is 0.224 e. The normalized spacial score (nSPS) is 10.3. The standard InChI is InChI=1S/C18H21ClN2O2/c1-2-11-23-17-9-3-13(12-16(17)19)4-10-18(22)21-15-7-5-14(20)6-8-15/h3,5-9,12H,2,4,10-11,20H2,1H3,(H,21,22). The predicted octanol–water partition coefficient (Wildman–Crippen LogP) is 4.28. The number of aryl methyl sites for hydroxylation is 1. The molecular formula is C18H21ClN2O2. The number of rotatable bonds is 7. The second-order valence-electron chi connectivity index (χ2n) is 5.28. The molecule has 0 heterocycles. The molecule has 0 saturated carbocycles. The average molecular weight is 333 g/mol. The van der Waals surface area contributed by atoms with E-state index in [1.54, 1.807) is 24.3 Å². The number of hydrogen-bond donors (Lipinski definition) is 2. The molecule has 3 N–H and O–H groups in total. The third-order valence-electron chi connectivity index (χ3n) is 3.29. The highest BCUT2D eigenvalue weighted by atomic mass is 35.5. The lowest BCUT2D eigenvalue weighted by molar-refractivity contribution is -0.116. The zero-order valence-electron chi connectivity index (χ0n) is 13.1. The lowest BCUT2D eigenvalue weighted by Gasteiger charge is -2.09. The van der Waals surface area contributed by atoms with Crippen molar-refractivity contribution in [3.05, 3.63) is 53.1 Å². The highest BCUT2D eigenvalue weighted by molar-refractivity contribution is 6.32. The second-order valence-corrected chi connectivity index (χ2v) is 5.69. The lowest BCUT2D eigenvalue weighted by atomic mass is 10.1. The Morgan fingerprint density at radius 3 is 2.61 bits per heavy atom. The van der Waals surface area contributed by atoms with Crippen LogP contribution in [0.1, 0.15) is 25.3 Å². The van der Waals surface area contributed by atoms with Gasteiger partial charge in [-0.1, -0.05) is 24.6 Å². The number of nitrogens with two attached hydrogens (primary N) is 1. The highest BCUT2D eigenvalue weighted by Gasteiger charge is 2.06. The van der Waals surface area contributed by atoms with E-state index in [9.17, 15) is 4.79 Å². The number of carbonyl (C=O) groups is 1. The van der Waals surface area contributed by atoms with Crippen molar-refractivity contribution in [2.45, 2.75) is 26.2 Å². The second kappa shape index (κ2) is 8.44. The van der Waals surface area contributed by atoms with Crippen molar-refractivity contribution in [3.8, 4) is 5.75 Å². The fourth-order valence-corrected chi connectivity index (χ4v) is 2.33. The number of nitrogen functional groups attached to an aromatic ring is 1. The van der Waals surface area contributed by atoms with Gasteiger partial charge in [0.05, 0.1) is 11.6 Å². The molecule has 0 radical (unpaired) electrons. The van der Waals surface area contributed by atoms with Crippen LogP contribution in [0.3, 0.4) is 0 Å². The van der Waals surface area contributed by atoms with E-state index in [1.165, 1.54) is 0 Å². The number of anilines is 2. The summed E-state index contributed by atoms with van der Waals surface area (Å²) in [6.07, 6.45) is 1.94. The molecule has 0 fully saturated rings. The molecule has 0 aliphatic rings. The van der Waals surface area contributed by atoms with Gasteiger partial charge in [-0.15, -0.1) is 0 Å². The van der Waals surface area contributed by atoms with Gasteiger partial charge in [0.2, 0.25) is 5.91 Å². The van der Waals surface area contributed by atoms with Gasteiger partial charge in [-0.25, -0.2) is 0 Å². The summed E-state index contributed by atoms with van der Waals surface area (Å²) in [5.74, 6) is 0.640. The molecule has 0 unspecified atom stereocenters. The molecule has 4 nitrogen and oxygen atoms in total. The van der Waals surface area contributed by atoms with Crippen LogP contribution in [0.4, 0.5) is 11.4 Å². The lowest BCUT2D eigenvalue weighted by Crippen LogP contribution is -2.12. The Bertz CT molecular complexity index is 657. The quantitative estimate of drug-likeness (QED) is 0.744. The Morgan fingerprint density at radius 1 is 1.22 bits per heavy atom. The summed E-state index contributed by atoms with van der Waals surface area (Å²) in [6.45, 7) is 2.69. The molecule has 2 aromatic carbocycles. The zero-order chi connectivity index (χ0) is 16.7. The third-order valence-corrected chi connectivity index (χ3v) is 3.59.